The predicted molar refractivity (Wildman–Crippen MR) is 47.8 cm³/mol. The standard InChI is InChI=1S/C9H7NS/c11-8-5-1-3-7-4-2-6-10-9(7)8/h1-6,11H/p+1. The molecular weight excluding hydrogens is 154 g/mol. The van der Waals surface area contributed by atoms with Gasteiger partial charge in [-0.2, -0.15) is 0 Å². The van der Waals surface area contributed by atoms with Crippen molar-refractivity contribution < 1.29 is 4.98 Å². The Kier molecular flexibility index (Phi) is 1.55. The number of benzene rings is 1. The first-order valence-electron chi connectivity index (χ1n) is 3.46. The van der Waals surface area contributed by atoms with E-state index in [-0.39, 0.29) is 0 Å². The van der Waals surface area contributed by atoms with E-state index in [1.165, 1.54) is 5.39 Å². The highest BCUT2D eigenvalue weighted by Crippen LogP contribution is 2.15. The Bertz CT molecular complexity index is 379. The molecule has 11 heavy (non-hydrogen) atoms. The Morgan fingerprint density at radius 1 is 1.09 bits per heavy atom. The number of hydrogen-bond acceptors (Lipinski definition) is 1. The quantitative estimate of drug-likeness (QED) is 0.569. The molecule has 0 fully saturated rings. The first-order chi connectivity index (χ1) is 5.38. The summed E-state index contributed by atoms with van der Waals surface area (Å²) in [5, 5.41) is 1.19. The summed E-state index contributed by atoms with van der Waals surface area (Å²) in [5.41, 5.74) is 1.10. The Morgan fingerprint density at radius 2 is 1.91 bits per heavy atom. The van der Waals surface area contributed by atoms with Crippen LogP contribution in [0.25, 0.3) is 10.9 Å². The maximum atomic E-state index is 4.32. The molecule has 0 saturated carbocycles. The summed E-state index contributed by atoms with van der Waals surface area (Å²) in [4.78, 5) is 4.13. The smallest absolute Gasteiger partial charge is 0.210 e. The van der Waals surface area contributed by atoms with Crippen LogP contribution in [-0.2, 0) is 0 Å². The number of H-pyrrole nitrogens is 1. The lowest BCUT2D eigenvalue weighted by Crippen LogP contribution is -2.01. The van der Waals surface area contributed by atoms with Crippen molar-refractivity contribution in [2.75, 3.05) is 0 Å². The van der Waals surface area contributed by atoms with Crippen LogP contribution >= 0.6 is 12.6 Å². The number of rotatable bonds is 0. The van der Waals surface area contributed by atoms with E-state index in [4.69, 9.17) is 0 Å². The van der Waals surface area contributed by atoms with Crippen LogP contribution in [0, 0.1) is 0 Å². The van der Waals surface area contributed by atoms with Crippen LogP contribution in [0.3, 0.4) is 0 Å². The fraction of sp³-hybridized carbons (Fsp3) is 0. The van der Waals surface area contributed by atoms with Crippen molar-refractivity contribution >= 4 is 23.5 Å². The molecule has 0 spiro atoms. The second-order valence-electron chi connectivity index (χ2n) is 2.41. The summed E-state index contributed by atoms with van der Waals surface area (Å²) in [6.07, 6.45) is 1.90. The van der Waals surface area contributed by atoms with E-state index in [0.717, 1.165) is 10.4 Å². The highest BCUT2D eigenvalue weighted by Gasteiger charge is 2.00. The lowest BCUT2D eigenvalue weighted by atomic mass is 10.2. The Morgan fingerprint density at radius 3 is 2.73 bits per heavy atom. The fourth-order valence-electron chi connectivity index (χ4n) is 1.14. The molecule has 0 saturated heterocycles. The van der Waals surface area contributed by atoms with Gasteiger partial charge < -0.3 is 0 Å². The van der Waals surface area contributed by atoms with Gasteiger partial charge in [0, 0.05) is 11.5 Å². The number of hydrogen-bond donors (Lipinski definition) is 1. The minimum Gasteiger partial charge on any atom is -0.210 e. The third kappa shape index (κ3) is 1.10. The summed E-state index contributed by atoms with van der Waals surface area (Å²) < 4.78 is 0. The van der Waals surface area contributed by atoms with Gasteiger partial charge in [-0.05, 0) is 18.2 Å². The number of fused-ring (bicyclic) bond motifs is 1. The van der Waals surface area contributed by atoms with Gasteiger partial charge in [-0.1, -0.05) is 6.07 Å². The van der Waals surface area contributed by atoms with Gasteiger partial charge in [0.2, 0.25) is 5.52 Å². The molecule has 0 amide bonds. The second-order valence-corrected chi connectivity index (χ2v) is 2.89. The van der Waals surface area contributed by atoms with Crippen LogP contribution in [0.15, 0.2) is 41.4 Å². The van der Waals surface area contributed by atoms with Crippen molar-refractivity contribution in [1.82, 2.24) is 0 Å². The van der Waals surface area contributed by atoms with Gasteiger partial charge in [0.15, 0.2) is 6.20 Å². The lowest BCUT2D eigenvalue weighted by molar-refractivity contribution is -0.346. The number of para-hydroxylation sites is 1. The van der Waals surface area contributed by atoms with Gasteiger partial charge in [-0.15, -0.1) is 12.6 Å². The molecule has 1 aromatic carbocycles. The minimum absolute atomic E-state index is 0.989. The van der Waals surface area contributed by atoms with E-state index in [2.05, 4.69) is 29.7 Å². The van der Waals surface area contributed by atoms with Crippen molar-refractivity contribution in [1.29, 1.82) is 0 Å². The molecule has 54 valence electrons. The molecule has 0 aliphatic rings. The zero-order chi connectivity index (χ0) is 7.68. The molecule has 0 bridgehead atoms. The molecular formula is C9H8NS+. The summed E-state index contributed by atoms with van der Waals surface area (Å²) in [6, 6.07) is 10.1. The van der Waals surface area contributed by atoms with E-state index in [1.807, 2.05) is 24.4 Å². The van der Waals surface area contributed by atoms with Crippen LogP contribution in [-0.4, -0.2) is 0 Å². The monoisotopic (exact) mass is 162 g/mol. The van der Waals surface area contributed by atoms with Crippen LogP contribution in [0.1, 0.15) is 0 Å². The minimum atomic E-state index is 0.989. The number of aromatic amines is 1. The highest BCUT2D eigenvalue weighted by molar-refractivity contribution is 7.80. The Labute approximate surface area is 70.5 Å². The first-order valence-corrected chi connectivity index (χ1v) is 3.91. The van der Waals surface area contributed by atoms with Crippen molar-refractivity contribution in [3.8, 4) is 0 Å². The van der Waals surface area contributed by atoms with Crippen LogP contribution in [0.5, 0.6) is 0 Å². The zero-order valence-electron chi connectivity index (χ0n) is 5.91. The molecule has 1 nitrogen and oxygen atoms in total. The molecule has 0 radical (unpaired) electrons. The topological polar surface area (TPSA) is 14.1 Å². The summed E-state index contributed by atoms with van der Waals surface area (Å²) in [5.74, 6) is 0. The molecule has 1 aromatic heterocycles. The van der Waals surface area contributed by atoms with Crippen molar-refractivity contribution in [2.45, 2.75) is 4.90 Å². The Hall–Kier alpha value is -1.02. The first kappa shape index (κ1) is 6.68. The summed E-state index contributed by atoms with van der Waals surface area (Å²) >= 11 is 4.32. The Balaban J connectivity index is 2.91. The van der Waals surface area contributed by atoms with Gasteiger partial charge in [0.1, 0.15) is 0 Å². The third-order valence-electron chi connectivity index (χ3n) is 1.67. The average molecular weight is 162 g/mol. The number of pyridine rings is 1. The molecule has 0 atom stereocenters. The molecule has 2 rings (SSSR count). The van der Waals surface area contributed by atoms with Crippen LogP contribution in [0.2, 0.25) is 0 Å². The number of nitrogens with one attached hydrogen (secondary N) is 1. The predicted octanol–water partition coefficient (Wildman–Crippen LogP) is 1.94. The maximum Gasteiger partial charge on any atom is 0.224 e. The lowest BCUT2D eigenvalue weighted by Gasteiger charge is -1.91. The molecule has 1 heterocycles. The molecule has 0 aliphatic carbocycles. The summed E-state index contributed by atoms with van der Waals surface area (Å²) in [6.45, 7) is 0. The van der Waals surface area contributed by atoms with Crippen LogP contribution < -0.4 is 4.98 Å². The third-order valence-corrected chi connectivity index (χ3v) is 2.05. The second kappa shape index (κ2) is 2.55. The van der Waals surface area contributed by atoms with Gasteiger partial charge in [-0.25, -0.2) is 4.98 Å². The summed E-state index contributed by atoms with van der Waals surface area (Å²) in [7, 11) is 0. The van der Waals surface area contributed by atoms with E-state index in [9.17, 15) is 0 Å². The maximum absolute atomic E-state index is 4.32. The van der Waals surface area contributed by atoms with Gasteiger partial charge in [0.25, 0.3) is 0 Å². The van der Waals surface area contributed by atoms with Gasteiger partial charge >= 0.3 is 0 Å². The molecule has 0 unspecified atom stereocenters. The van der Waals surface area contributed by atoms with Gasteiger partial charge in [-0.3, -0.25) is 0 Å². The van der Waals surface area contributed by atoms with E-state index in [1.54, 1.807) is 0 Å². The van der Waals surface area contributed by atoms with Crippen LogP contribution in [0.4, 0.5) is 0 Å². The number of aromatic nitrogens is 1. The highest BCUT2D eigenvalue weighted by atomic mass is 32.1. The molecule has 1 N–H and O–H groups in total. The fourth-order valence-corrected chi connectivity index (χ4v) is 1.42. The van der Waals surface area contributed by atoms with E-state index >= 15 is 0 Å². The van der Waals surface area contributed by atoms with Crippen molar-refractivity contribution in [2.24, 2.45) is 0 Å². The molecule has 2 heteroatoms. The van der Waals surface area contributed by atoms with Crippen molar-refractivity contribution in [3.05, 3.63) is 36.5 Å². The number of thiol groups is 1. The normalized spacial score (nSPS) is 10.3. The van der Waals surface area contributed by atoms with Crippen molar-refractivity contribution in [3.63, 3.8) is 0 Å². The SMILES string of the molecule is Sc1cccc2ccc[nH+]c12. The van der Waals surface area contributed by atoms with E-state index in [0.29, 0.717) is 0 Å². The average Bonchev–Trinajstić information content (AvgIpc) is 2.06. The van der Waals surface area contributed by atoms with E-state index < -0.39 is 0 Å². The molecule has 0 aliphatic heterocycles. The molecule has 2 aromatic rings. The largest absolute Gasteiger partial charge is 0.224 e. The zero-order valence-corrected chi connectivity index (χ0v) is 6.81. The van der Waals surface area contributed by atoms with Gasteiger partial charge in [0.05, 0.1) is 4.90 Å².